The number of furan rings is 1. The molecule has 3 aliphatic rings. The normalized spacial score (nSPS) is 23.9. The highest BCUT2D eigenvalue weighted by Gasteiger charge is 2.39. The van der Waals surface area contributed by atoms with Gasteiger partial charge >= 0.3 is 6.09 Å². The second-order valence-corrected chi connectivity index (χ2v) is 7.07. The van der Waals surface area contributed by atoms with E-state index in [9.17, 15) is 9.59 Å². The van der Waals surface area contributed by atoms with Gasteiger partial charge in [0.25, 0.3) is 5.91 Å². The topological polar surface area (TPSA) is 66.2 Å². The molecule has 1 atom stereocenters. The molecule has 3 aliphatic heterocycles. The van der Waals surface area contributed by atoms with Crippen LogP contribution in [0.15, 0.2) is 10.5 Å². The van der Waals surface area contributed by atoms with E-state index < -0.39 is 0 Å². The summed E-state index contributed by atoms with van der Waals surface area (Å²) in [4.78, 5) is 30.4. The summed E-state index contributed by atoms with van der Waals surface area (Å²) in [5.41, 5.74) is 1.13. The average molecular weight is 347 g/mol. The first kappa shape index (κ1) is 16.4. The van der Waals surface area contributed by atoms with Crippen LogP contribution in [0.3, 0.4) is 0 Å². The predicted molar refractivity (Wildman–Crippen MR) is 90.3 cm³/mol. The molecular weight excluding hydrogens is 322 g/mol. The number of likely N-dealkylation sites (tertiary alicyclic amines) is 1. The second-order valence-electron chi connectivity index (χ2n) is 7.07. The Morgan fingerprint density at radius 3 is 2.80 bits per heavy atom. The van der Waals surface area contributed by atoms with E-state index in [0.717, 1.165) is 37.4 Å². The molecule has 4 rings (SSSR count). The van der Waals surface area contributed by atoms with Crippen molar-refractivity contribution in [1.29, 1.82) is 0 Å². The van der Waals surface area contributed by atoms with Crippen molar-refractivity contribution in [3.8, 4) is 0 Å². The van der Waals surface area contributed by atoms with Gasteiger partial charge < -0.3 is 14.1 Å². The van der Waals surface area contributed by atoms with Crippen molar-refractivity contribution in [3.63, 3.8) is 0 Å². The maximum absolute atomic E-state index is 12.9. The van der Waals surface area contributed by atoms with Crippen LogP contribution < -0.4 is 0 Å². The Morgan fingerprint density at radius 2 is 2.04 bits per heavy atom. The smallest absolute Gasteiger partial charge is 0.410 e. The van der Waals surface area contributed by atoms with Crippen LogP contribution >= 0.6 is 0 Å². The SMILES string of the molecule is CCc1oc(C(=O)N2CCN3C(=O)OCC3C2)cc1CN1CCCC1. The number of cyclic esters (lactones) is 1. The van der Waals surface area contributed by atoms with E-state index in [0.29, 0.717) is 32.0 Å². The summed E-state index contributed by atoms with van der Waals surface area (Å²) in [6.45, 7) is 7.07. The van der Waals surface area contributed by atoms with Gasteiger partial charge in [0, 0.05) is 38.2 Å². The Balaban J connectivity index is 1.46. The van der Waals surface area contributed by atoms with Gasteiger partial charge in [0.05, 0.1) is 6.04 Å². The van der Waals surface area contributed by atoms with Crippen molar-refractivity contribution in [2.45, 2.75) is 38.8 Å². The zero-order valence-electron chi connectivity index (χ0n) is 14.7. The summed E-state index contributed by atoms with van der Waals surface area (Å²) in [6.07, 6.45) is 3.01. The average Bonchev–Trinajstić information content (AvgIpc) is 3.35. The third-order valence-corrected chi connectivity index (χ3v) is 5.42. The molecule has 0 spiro atoms. The van der Waals surface area contributed by atoms with Crippen molar-refractivity contribution < 1.29 is 18.7 Å². The van der Waals surface area contributed by atoms with Crippen molar-refractivity contribution in [3.05, 3.63) is 23.2 Å². The van der Waals surface area contributed by atoms with E-state index in [2.05, 4.69) is 11.8 Å². The lowest BCUT2D eigenvalue weighted by molar-refractivity contribution is 0.0585. The number of fused-ring (bicyclic) bond motifs is 1. The molecule has 3 fully saturated rings. The number of aryl methyl sites for hydroxylation is 1. The molecule has 0 radical (unpaired) electrons. The molecule has 7 nitrogen and oxygen atoms in total. The molecule has 4 heterocycles. The second kappa shape index (κ2) is 6.71. The summed E-state index contributed by atoms with van der Waals surface area (Å²) in [5, 5.41) is 0. The number of hydrogen-bond acceptors (Lipinski definition) is 5. The maximum Gasteiger partial charge on any atom is 0.410 e. The standard InChI is InChI=1S/C18H25N3O4/c1-2-15-13(10-19-5-3-4-6-19)9-16(25-15)17(22)20-7-8-21-14(11-20)12-24-18(21)23/h9,14H,2-8,10-12H2,1H3. The molecule has 3 saturated heterocycles. The largest absolute Gasteiger partial charge is 0.456 e. The highest BCUT2D eigenvalue weighted by molar-refractivity contribution is 5.92. The summed E-state index contributed by atoms with van der Waals surface area (Å²) < 4.78 is 11.0. The van der Waals surface area contributed by atoms with Gasteiger partial charge in [0.2, 0.25) is 0 Å². The van der Waals surface area contributed by atoms with E-state index in [-0.39, 0.29) is 18.0 Å². The molecule has 0 bridgehead atoms. The molecule has 1 aromatic heterocycles. The number of piperazine rings is 1. The Hall–Kier alpha value is -2.02. The van der Waals surface area contributed by atoms with Crippen LogP contribution in [0.1, 0.15) is 41.6 Å². The summed E-state index contributed by atoms with van der Waals surface area (Å²) in [7, 11) is 0. The lowest BCUT2D eigenvalue weighted by Crippen LogP contribution is -2.53. The van der Waals surface area contributed by atoms with Crippen LogP contribution in [-0.2, 0) is 17.7 Å². The first-order chi connectivity index (χ1) is 12.2. The van der Waals surface area contributed by atoms with E-state index in [4.69, 9.17) is 9.15 Å². The third-order valence-electron chi connectivity index (χ3n) is 5.42. The minimum absolute atomic E-state index is 0.0325. The van der Waals surface area contributed by atoms with Crippen LogP contribution in [0.25, 0.3) is 0 Å². The van der Waals surface area contributed by atoms with Crippen molar-refractivity contribution in [1.82, 2.24) is 14.7 Å². The number of ether oxygens (including phenoxy) is 1. The number of amides is 2. The zero-order chi connectivity index (χ0) is 17.4. The molecule has 0 N–H and O–H groups in total. The van der Waals surface area contributed by atoms with Gasteiger partial charge in [0.15, 0.2) is 5.76 Å². The molecule has 136 valence electrons. The molecule has 0 aliphatic carbocycles. The van der Waals surface area contributed by atoms with Crippen molar-refractivity contribution >= 4 is 12.0 Å². The molecule has 1 unspecified atom stereocenters. The number of rotatable bonds is 4. The fourth-order valence-electron chi connectivity index (χ4n) is 4.02. The summed E-state index contributed by atoms with van der Waals surface area (Å²) in [5.74, 6) is 1.25. The quantitative estimate of drug-likeness (QED) is 0.830. The van der Waals surface area contributed by atoms with Crippen molar-refractivity contribution in [2.75, 3.05) is 39.3 Å². The molecule has 0 saturated carbocycles. The summed E-state index contributed by atoms with van der Waals surface area (Å²) >= 11 is 0. The van der Waals surface area contributed by atoms with E-state index in [1.807, 2.05) is 6.07 Å². The fraction of sp³-hybridized carbons (Fsp3) is 0.667. The van der Waals surface area contributed by atoms with Crippen LogP contribution in [0.4, 0.5) is 4.79 Å². The van der Waals surface area contributed by atoms with Gasteiger partial charge in [-0.25, -0.2) is 4.79 Å². The zero-order valence-corrected chi connectivity index (χ0v) is 14.7. The highest BCUT2D eigenvalue weighted by Crippen LogP contribution is 2.24. The van der Waals surface area contributed by atoms with Gasteiger partial charge in [-0.05, 0) is 32.0 Å². The van der Waals surface area contributed by atoms with Crippen molar-refractivity contribution in [2.24, 2.45) is 0 Å². The van der Waals surface area contributed by atoms with E-state index >= 15 is 0 Å². The Kier molecular flexibility index (Phi) is 4.41. The molecule has 7 heteroatoms. The molecule has 2 amide bonds. The van der Waals surface area contributed by atoms with Crippen LogP contribution in [0.5, 0.6) is 0 Å². The third kappa shape index (κ3) is 3.13. The van der Waals surface area contributed by atoms with Gasteiger partial charge in [-0.2, -0.15) is 0 Å². The predicted octanol–water partition coefficient (Wildman–Crippen LogP) is 1.71. The molecule has 1 aromatic rings. The van der Waals surface area contributed by atoms with Gasteiger partial charge in [0.1, 0.15) is 12.4 Å². The number of hydrogen-bond donors (Lipinski definition) is 0. The van der Waals surface area contributed by atoms with E-state index in [1.165, 1.54) is 12.8 Å². The summed E-state index contributed by atoms with van der Waals surface area (Å²) in [6, 6.07) is 1.89. The Bertz CT molecular complexity index is 665. The number of carbonyl (C=O) groups excluding carboxylic acids is 2. The van der Waals surface area contributed by atoms with Crippen LogP contribution in [-0.4, -0.2) is 72.1 Å². The maximum atomic E-state index is 12.9. The monoisotopic (exact) mass is 347 g/mol. The lowest BCUT2D eigenvalue weighted by Gasteiger charge is -2.34. The van der Waals surface area contributed by atoms with Gasteiger partial charge in [-0.15, -0.1) is 0 Å². The van der Waals surface area contributed by atoms with Gasteiger partial charge in [-0.3, -0.25) is 14.6 Å². The van der Waals surface area contributed by atoms with Gasteiger partial charge in [-0.1, -0.05) is 6.92 Å². The lowest BCUT2D eigenvalue weighted by atomic mass is 10.1. The molecule has 25 heavy (non-hydrogen) atoms. The number of carbonyl (C=O) groups is 2. The van der Waals surface area contributed by atoms with Crippen LogP contribution in [0.2, 0.25) is 0 Å². The Morgan fingerprint density at radius 1 is 1.24 bits per heavy atom. The van der Waals surface area contributed by atoms with Crippen LogP contribution in [0, 0.1) is 0 Å². The first-order valence-corrected chi connectivity index (χ1v) is 9.22. The Labute approximate surface area is 147 Å². The fourth-order valence-corrected chi connectivity index (χ4v) is 4.02. The minimum atomic E-state index is -0.267. The molecule has 0 aromatic carbocycles. The van der Waals surface area contributed by atoms with E-state index in [1.54, 1.807) is 9.80 Å². The first-order valence-electron chi connectivity index (χ1n) is 9.22. The number of nitrogens with zero attached hydrogens (tertiary/aromatic N) is 3. The highest BCUT2D eigenvalue weighted by atomic mass is 16.6. The minimum Gasteiger partial charge on any atom is -0.456 e. The molecular formula is C18H25N3O4.